The van der Waals surface area contributed by atoms with Gasteiger partial charge in [0, 0.05) is 39.3 Å². The number of carbonyl (C=O) groups excluding carboxylic acids is 4. The number of esters is 2. The fraction of sp³-hybridized carbons (Fsp3) is 0.810. The first kappa shape index (κ1) is 28.4. The van der Waals surface area contributed by atoms with Crippen LogP contribution in [-0.4, -0.2) is 112 Å². The Kier molecular flexibility index (Phi) is 13.2. The first-order valence-corrected chi connectivity index (χ1v) is 10.9. The maximum absolute atomic E-state index is 11.5. The number of methoxy groups -OCH3 is 1. The van der Waals surface area contributed by atoms with Crippen LogP contribution in [0.4, 0.5) is 9.59 Å². The number of hydrogen-bond acceptors (Lipinski definition) is 12. The SMILES string of the molecule is CC(C)(C)OC(=O)CCN1CCOC(=O)OCC1.COC(=O)CCN1CCOC(=O)OCC1. The molecule has 2 fully saturated rings. The molecule has 2 rings (SSSR count). The summed E-state index contributed by atoms with van der Waals surface area (Å²) >= 11 is 0. The number of hydrogen-bond donors (Lipinski definition) is 0. The largest absolute Gasteiger partial charge is 0.508 e. The number of cyclic esters (lactones) is 4. The van der Waals surface area contributed by atoms with E-state index in [0.717, 1.165) is 0 Å². The van der Waals surface area contributed by atoms with Crippen molar-refractivity contribution < 1.29 is 47.6 Å². The van der Waals surface area contributed by atoms with Gasteiger partial charge >= 0.3 is 24.2 Å². The summed E-state index contributed by atoms with van der Waals surface area (Å²) in [6.07, 6.45) is -0.584. The van der Waals surface area contributed by atoms with Crippen molar-refractivity contribution in [1.29, 1.82) is 0 Å². The number of ether oxygens (including phenoxy) is 6. The van der Waals surface area contributed by atoms with E-state index >= 15 is 0 Å². The minimum Gasteiger partial charge on any atom is -0.469 e. The Morgan fingerprint density at radius 2 is 1.12 bits per heavy atom. The van der Waals surface area contributed by atoms with Crippen molar-refractivity contribution in [2.24, 2.45) is 0 Å². The Labute approximate surface area is 194 Å². The van der Waals surface area contributed by atoms with Gasteiger partial charge in [0.25, 0.3) is 0 Å². The highest BCUT2D eigenvalue weighted by Crippen LogP contribution is 2.09. The summed E-state index contributed by atoms with van der Waals surface area (Å²) < 4.78 is 28.8. The number of carbonyl (C=O) groups is 4. The molecular formula is C21H36N2O10. The molecule has 0 aromatic carbocycles. The van der Waals surface area contributed by atoms with Crippen LogP contribution in [-0.2, 0) is 38.0 Å². The van der Waals surface area contributed by atoms with Gasteiger partial charge in [-0.25, -0.2) is 9.59 Å². The van der Waals surface area contributed by atoms with Crippen LogP contribution in [0.3, 0.4) is 0 Å². The Hall–Kier alpha value is -2.60. The van der Waals surface area contributed by atoms with Crippen LogP contribution in [0.5, 0.6) is 0 Å². The van der Waals surface area contributed by atoms with Crippen LogP contribution in [0.1, 0.15) is 33.6 Å². The van der Waals surface area contributed by atoms with Crippen LogP contribution in [0.2, 0.25) is 0 Å². The Balaban J connectivity index is 0.000000335. The lowest BCUT2D eigenvalue weighted by molar-refractivity contribution is -0.155. The van der Waals surface area contributed by atoms with Crippen molar-refractivity contribution in [2.45, 2.75) is 39.2 Å². The summed E-state index contributed by atoms with van der Waals surface area (Å²) in [5.74, 6) is -0.461. The van der Waals surface area contributed by atoms with Crippen LogP contribution in [0.15, 0.2) is 0 Å². The third kappa shape index (κ3) is 15.0. The average Bonchev–Trinajstić information content (AvgIpc) is 2.70. The third-order valence-corrected chi connectivity index (χ3v) is 4.42. The van der Waals surface area contributed by atoms with Gasteiger partial charge in [0.05, 0.1) is 20.0 Å². The molecule has 2 aliphatic rings. The van der Waals surface area contributed by atoms with Crippen molar-refractivity contribution in [3.63, 3.8) is 0 Å². The summed E-state index contributed by atoms with van der Waals surface area (Å²) in [4.78, 5) is 48.0. The van der Waals surface area contributed by atoms with Crippen LogP contribution < -0.4 is 0 Å². The molecule has 0 aliphatic carbocycles. The monoisotopic (exact) mass is 476 g/mol. The highest BCUT2D eigenvalue weighted by Gasteiger charge is 2.19. The molecular weight excluding hydrogens is 440 g/mol. The van der Waals surface area contributed by atoms with Crippen molar-refractivity contribution in [3.05, 3.63) is 0 Å². The minimum absolute atomic E-state index is 0.220. The van der Waals surface area contributed by atoms with E-state index < -0.39 is 17.9 Å². The van der Waals surface area contributed by atoms with E-state index in [1.165, 1.54) is 7.11 Å². The van der Waals surface area contributed by atoms with Crippen LogP contribution >= 0.6 is 0 Å². The molecule has 12 nitrogen and oxygen atoms in total. The maximum Gasteiger partial charge on any atom is 0.508 e. The molecule has 0 radical (unpaired) electrons. The van der Waals surface area contributed by atoms with E-state index in [1.807, 2.05) is 30.6 Å². The van der Waals surface area contributed by atoms with E-state index in [2.05, 4.69) is 4.74 Å². The third-order valence-electron chi connectivity index (χ3n) is 4.42. The molecule has 0 bridgehead atoms. The van der Waals surface area contributed by atoms with Crippen LogP contribution in [0.25, 0.3) is 0 Å². The molecule has 0 spiro atoms. The van der Waals surface area contributed by atoms with Gasteiger partial charge in [-0.15, -0.1) is 0 Å². The van der Waals surface area contributed by atoms with Gasteiger partial charge in [-0.1, -0.05) is 0 Å². The molecule has 190 valence electrons. The molecule has 0 aromatic heterocycles. The fourth-order valence-electron chi connectivity index (χ4n) is 2.78. The molecule has 0 saturated carbocycles. The summed E-state index contributed by atoms with van der Waals surface area (Å²) in [7, 11) is 1.36. The summed E-state index contributed by atoms with van der Waals surface area (Å²) in [5.41, 5.74) is -0.452. The molecule has 2 aliphatic heterocycles. The summed E-state index contributed by atoms with van der Waals surface area (Å²) in [6, 6.07) is 0. The number of nitrogens with zero attached hydrogens (tertiary/aromatic N) is 2. The molecule has 0 atom stereocenters. The summed E-state index contributed by atoms with van der Waals surface area (Å²) in [5, 5.41) is 0. The lowest BCUT2D eigenvalue weighted by Gasteiger charge is -2.25. The predicted molar refractivity (Wildman–Crippen MR) is 115 cm³/mol. The molecule has 0 aromatic rings. The van der Waals surface area contributed by atoms with Crippen LogP contribution in [0, 0.1) is 0 Å². The Bertz CT molecular complexity index is 611. The van der Waals surface area contributed by atoms with E-state index in [1.54, 1.807) is 0 Å². The zero-order chi connectivity index (χ0) is 24.7. The highest BCUT2D eigenvalue weighted by atomic mass is 16.7. The number of rotatable bonds is 6. The second-order valence-corrected chi connectivity index (χ2v) is 8.24. The van der Waals surface area contributed by atoms with E-state index in [0.29, 0.717) is 65.3 Å². The fourth-order valence-corrected chi connectivity index (χ4v) is 2.78. The molecule has 0 N–H and O–H groups in total. The topological polar surface area (TPSA) is 130 Å². The zero-order valence-corrected chi connectivity index (χ0v) is 20.0. The minimum atomic E-state index is -0.623. The zero-order valence-electron chi connectivity index (χ0n) is 20.0. The molecule has 33 heavy (non-hydrogen) atoms. The van der Waals surface area contributed by atoms with Crippen molar-refractivity contribution >= 4 is 24.2 Å². The highest BCUT2D eigenvalue weighted by molar-refractivity contribution is 5.70. The average molecular weight is 477 g/mol. The first-order valence-electron chi connectivity index (χ1n) is 10.9. The predicted octanol–water partition coefficient (Wildman–Crippen LogP) is 1.21. The molecule has 0 amide bonds. The van der Waals surface area contributed by atoms with E-state index in [9.17, 15) is 19.2 Å². The molecule has 2 heterocycles. The van der Waals surface area contributed by atoms with Gasteiger partial charge in [-0.2, -0.15) is 0 Å². The van der Waals surface area contributed by atoms with Gasteiger partial charge in [-0.3, -0.25) is 19.4 Å². The smallest absolute Gasteiger partial charge is 0.469 e. The van der Waals surface area contributed by atoms with Gasteiger partial charge in [0.15, 0.2) is 0 Å². The molecule has 0 unspecified atom stereocenters. The first-order chi connectivity index (χ1) is 15.6. The molecule has 12 heteroatoms. The Morgan fingerprint density at radius 1 is 0.758 bits per heavy atom. The molecule has 2 saturated heterocycles. The van der Waals surface area contributed by atoms with Gasteiger partial charge in [0.1, 0.15) is 32.0 Å². The van der Waals surface area contributed by atoms with E-state index in [4.69, 9.17) is 23.7 Å². The second kappa shape index (κ2) is 15.3. The lowest BCUT2D eigenvalue weighted by Crippen LogP contribution is -2.37. The van der Waals surface area contributed by atoms with Gasteiger partial charge in [0.2, 0.25) is 0 Å². The standard InChI is InChI=1S/C12H21NO5.C9H15NO5/c1-12(2,3)18-10(14)4-5-13-6-8-16-11(15)17-9-7-13;1-13-8(11)2-3-10-4-6-14-9(12)15-7-5-10/h4-9H2,1-3H3;2-7H2,1H3. The quantitative estimate of drug-likeness (QED) is 0.403. The van der Waals surface area contributed by atoms with Gasteiger partial charge in [-0.05, 0) is 20.8 Å². The van der Waals surface area contributed by atoms with Crippen molar-refractivity contribution in [1.82, 2.24) is 9.80 Å². The second-order valence-electron chi connectivity index (χ2n) is 8.24. The van der Waals surface area contributed by atoms with E-state index in [-0.39, 0.29) is 25.2 Å². The lowest BCUT2D eigenvalue weighted by atomic mass is 10.2. The van der Waals surface area contributed by atoms with Crippen molar-refractivity contribution in [3.8, 4) is 0 Å². The van der Waals surface area contributed by atoms with Crippen molar-refractivity contribution in [2.75, 3.05) is 72.8 Å². The Morgan fingerprint density at radius 3 is 1.45 bits per heavy atom. The maximum atomic E-state index is 11.5. The summed E-state index contributed by atoms with van der Waals surface area (Å²) in [6.45, 7) is 10.3. The van der Waals surface area contributed by atoms with Gasteiger partial charge < -0.3 is 28.4 Å². The normalized spacial score (nSPS) is 18.3.